The third-order valence-electron chi connectivity index (χ3n) is 4.30. The normalized spacial score (nSPS) is 23.2. The van der Waals surface area contributed by atoms with Crippen molar-refractivity contribution in [1.82, 2.24) is 0 Å². The fraction of sp³-hybridized carbons (Fsp3) is 0.467. The number of hydrogen-bond donors (Lipinski definition) is 0. The van der Waals surface area contributed by atoms with E-state index in [1.807, 2.05) is 29.3 Å². The van der Waals surface area contributed by atoms with Crippen LogP contribution in [0.1, 0.15) is 27.7 Å². The van der Waals surface area contributed by atoms with Crippen molar-refractivity contribution in [3.63, 3.8) is 0 Å². The van der Waals surface area contributed by atoms with Gasteiger partial charge in [-0.15, -0.1) is 0 Å². The van der Waals surface area contributed by atoms with Crippen LogP contribution in [0.5, 0.6) is 0 Å². The first kappa shape index (κ1) is 13.5. The van der Waals surface area contributed by atoms with Crippen LogP contribution in [-0.2, 0) is 14.0 Å². The molecule has 0 aliphatic carbocycles. The van der Waals surface area contributed by atoms with Crippen LogP contribution in [0.3, 0.4) is 0 Å². The first-order valence-corrected chi connectivity index (χ1v) is 6.90. The molecule has 2 heterocycles. The third kappa shape index (κ3) is 2.11. The summed E-state index contributed by atoms with van der Waals surface area (Å²) in [6.07, 6.45) is 3.62. The zero-order valence-electron chi connectivity index (χ0n) is 12.4. The van der Waals surface area contributed by atoms with Gasteiger partial charge in [0.05, 0.1) is 11.2 Å². The largest absolute Gasteiger partial charge is 0.496 e. The van der Waals surface area contributed by atoms with Crippen LogP contribution in [-0.4, -0.2) is 25.1 Å². The van der Waals surface area contributed by atoms with Gasteiger partial charge in [-0.05, 0) is 33.8 Å². The van der Waals surface area contributed by atoms with E-state index in [2.05, 4.69) is 33.8 Å². The van der Waals surface area contributed by atoms with E-state index in [4.69, 9.17) is 14.0 Å². The Morgan fingerprint density at radius 1 is 1.05 bits per heavy atom. The molecule has 1 aromatic rings. The Balaban J connectivity index is 1.94. The van der Waals surface area contributed by atoms with Crippen molar-refractivity contribution in [3.8, 4) is 0 Å². The number of anilines is 1. The van der Waals surface area contributed by atoms with Gasteiger partial charge in [0.2, 0.25) is 0 Å². The number of nitrogens with zero attached hydrogens (tertiary/aromatic N) is 1. The molecule has 1 fully saturated rings. The van der Waals surface area contributed by atoms with Crippen LogP contribution in [0.25, 0.3) is 0 Å². The Morgan fingerprint density at radius 3 is 2.30 bits per heavy atom. The SMILES string of the molecule is CC1(C)OB(c2ccccc2N2C=COC2)OC1(C)C. The van der Waals surface area contributed by atoms with Gasteiger partial charge in [0.1, 0.15) is 6.26 Å². The third-order valence-corrected chi connectivity index (χ3v) is 4.30. The van der Waals surface area contributed by atoms with Crippen LogP contribution < -0.4 is 10.4 Å². The summed E-state index contributed by atoms with van der Waals surface area (Å²) in [5.74, 6) is 0. The molecule has 0 aromatic heterocycles. The number of hydrogen-bond acceptors (Lipinski definition) is 4. The molecule has 5 heteroatoms. The highest BCUT2D eigenvalue weighted by Crippen LogP contribution is 2.37. The summed E-state index contributed by atoms with van der Waals surface area (Å²) < 4.78 is 17.5. The smallest absolute Gasteiger partial charge is 0.479 e. The van der Waals surface area contributed by atoms with Gasteiger partial charge in [-0.3, -0.25) is 0 Å². The highest BCUT2D eigenvalue weighted by Gasteiger charge is 2.52. The molecule has 2 aliphatic rings. The van der Waals surface area contributed by atoms with Crippen molar-refractivity contribution in [2.75, 3.05) is 11.6 Å². The number of ether oxygens (including phenoxy) is 1. The molecule has 0 N–H and O–H groups in total. The summed E-state index contributed by atoms with van der Waals surface area (Å²) in [5.41, 5.74) is 1.42. The van der Waals surface area contributed by atoms with Crippen molar-refractivity contribution < 1.29 is 14.0 Å². The van der Waals surface area contributed by atoms with E-state index in [1.165, 1.54) is 0 Å². The first-order chi connectivity index (χ1) is 9.41. The van der Waals surface area contributed by atoms with Crippen molar-refractivity contribution in [2.45, 2.75) is 38.9 Å². The molecule has 0 bridgehead atoms. The lowest BCUT2D eigenvalue weighted by atomic mass is 9.77. The Morgan fingerprint density at radius 2 is 1.70 bits per heavy atom. The zero-order chi connectivity index (χ0) is 14.4. The number of benzene rings is 1. The van der Waals surface area contributed by atoms with Crippen molar-refractivity contribution >= 4 is 18.3 Å². The lowest BCUT2D eigenvalue weighted by Crippen LogP contribution is -2.41. The van der Waals surface area contributed by atoms with E-state index in [-0.39, 0.29) is 18.3 Å². The molecule has 1 aromatic carbocycles. The second kappa shape index (κ2) is 4.53. The minimum atomic E-state index is -0.356. The maximum Gasteiger partial charge on any atom is 0.496 e. The maximum atomic E-state index is 6.14. The first-order valence-electron chi connectivity index (χ1n) is 6.90. The Labute approximate surface area is 120 Å². The van der Waals surface area contributed by atoms with E-state index < -0.39 is 0 Å². The number of para-hydroxylation sites is 1. The molecule has 0 saturated carbocycles. The molecule has 0 unspecified atom stereocenters. The second-order valence-corrected chi connectivity index (χ2v) is 6.20. The monoisotopic (exact) mass is 273 g/mol. The summed E-state index contributed by atoms with van der Waals surface area (Å²) >= 11 is 0. The summed E-state index contributed by atoms with van der Waals surface area (Å²) in [7, 11) is -0.356. The number of rotatable bonds is 2. The Hall–Kier alpha value is -1.46. The van der Waals surface area contributed by atoms with Gasteiger partial charge in [-0.1, -0.05) is 18.2 Å². The zero-order valence-corrected chi connectivity index (χ0v) is 12.4. The fourth-order valence-corrected chi connectivity index (χ4v) is 2.35. The van der Waals surface area contributed by atoms with Crippen LogP contribution >= 0.6 is 0 Å². The predicted octanol–water partition coefficient (Wildman–Crippen LogP) is 2.25. The van der Waals surface area contributed by atoms with Crippen LogP contribution in [0.15, 0.2) is 36.7 Å². The summed E-state index contributed by atoms with van der Waals surface area (Å²) in [4.78, 5) is 2.04. The maximum absolute atomic E-state index is 6.14. The lowest BCUT2D eigenvalue weighted by Gasteiger charge is -2.32. The average molecular weight is 273 g/mol. The van der Waals surface area contributed by atoms with Gasteiger partial charge in [0, 0.05) is 17.4 Å². The van der Waals surface area contributed by atoms with Crippen molar-refractivity contribution in [2.24, 2.45) is 0 Å². The van der Waals surface area contributed by atoms with Gasteiger partial charge in [0.15, 0.2) is 6.73 Å². The minimum Gasteiger partial charge on any atom is -0.479 e. The predicted molar refractivity (Wildman–Crippen MR) is 79.7 cm³/mol. The van der Waals surface area contributed by atoms with Gasteiger partial charge >= 0.3 is 7.12 Å². The molecule has 0 amide bonds. The molecule has 106 valence electrons. The minimum absolute atomic E-state index is 0.331. The lowest BCUT2D eigenvalue weighted by molar-refractivity contribution is 0.00578. The summed E-state index contributed by atoms with van der Waals surface area (Å²) in [6.45, 7) is 8.78. The Bertz CT molecular complexity index is 526. The van der Waals surface area contributed by atoms with E-state index in [0.717, 1.165) is 11.2 Å². The van der Waals surface area contributed by atoms with Crippen molar-refractivity contribution in [3.05, 3.63) is 36.7 Å². The quantitative estimate of drug-likeness (QED) is 0.773. The van der Waals surface area contributed by atoms with Gasteiger partial charge in [0.25, 0.3) is 0 Å². The van der Waals surface area contributed by atoms with E-state index in [9.17, 15) is 0 Å². The molecule has 1 saturated heterocycles. The summed E-state index contributed by atoms with van der Waals surface area (Å²) in [5, 5.41) is 0. The molecule has 0 spiro atoms. The standard InChI is InChI=1S/C15H20BNO3/c1-14(2)15(3,4)20-16(19-14)12-7-5-6-8-13(12)17-9-10-18-11-17/h5-10H,11H2,1-4H3. The van der Waals surface area contributed by atoms with Crippen LogP contribution in [0.4, 0.5) is 5.69 Å². The highest BCUT2D eigenvalue weighted by atomic mass is 16.7. The van der Waals surface area contributed by atoms with Gasteiger partial charge in [-0.2, -0.15) is 0 Å². The second-order valence-electron chi connectivity index (χ2n) is 6.20. The van der Waals surface area contributed by atoms with Crippen molar-refractivity contribution in [1.29, 1.82) is 0 Å². The van der Waals surface area contributed by atoms with Crippen LogP contribution in [0, 0.1) is 0 Å². The summed E-state index contributed by atoms with van der Waals surface area (Å²) in [6, 6.07) is 8.11. The molecule has 0 radical (unpaired) electrons. The molecule has 0 atom stereocenters. The fourth-order valence-electron chi connectivity index (χ4n) is 2.35. The van der Waals surface area contributed by atoms with Gasteiger partial charge in [-0.25, -0.2) is 0 Å². The molecule has 4 nitrogen and oxygen atoms in total. The van der Waals surface area contributed by atoms with Gasteiger partial charge < -0.3 is 18.9 Å². The topological polar surface area (TPSA) is 30.9 Å². The molecular formula is C15H20BNO3. The molecular weight excluding hydrogens is 253 g/mol. The average Bonchev–Trinajstić information content (AvgIpc) is 2.97. The molecule has 20 heavy (non-hydrogen) atoms. The Kier molecular flexibility index (Phi) is 3.07. The molecule has 3 rings (SSSR count). The van der Waals surface area contributed by atoms with E-state index >= 15 is 0 Å². The van der Waals surface area contributed by atoms with Crippen LogP contribution in [0.2, 0.25) is 0 Å². The van der Waals surface area contributed by atoms with E-state index in [0.29, 0.717) is 6.73 Å². The molecule has 2 aliphatic heterocycles. The highest BCUT2D eigenvalue weighted by molar-refractivity contribution is 6.64. The van der Waals surface area contributed by atoms with E-state index in [1.54, 1.807) is 6.26 Å².